The maximum atomic E-state index is 6.42. The molecular weight excluding hydrogens is 254 g/mol. The first-order valence-electron chi connectivity index (χ1n) is 6.68. The van der Waals surface area contributed by atoms with E-state index in [1.54, 1.807) is 0 Å². The van der Waals surface area contributed by atoms with Gasteiger partial charge in [0, 0.05) is 17.1 Å². The van der Waals surface area contributed by atoms with Crippen molar-refractivity contribution in [2.75, 3.05) is 6.54 Å². The van der Waals surface area contributed by atoms with Crippen LogP contribution in [0.4, 0.5) is 0 Å². The first-order chi connectivity index (χ1) is 9.10. The van der Waals surface area contributed by atoms with Gasteiger partial charge in [0.25, 0.3) is 0 Å². The smallest absolute Gasteiger partial charge is 0.0487 e. The van der Waals surface area contributed by atoms with Gasteiger partial charge < -0.3 is 5.32 Å². The fourth-order valence-corrected chi connectivity index (χ4v) is 2.61. The highest BCUT2D eigenvalue weighted by Crippen LogP contribution is 2.30. The SMILES string of the molecule is CCNCc1ccc(-c2cc(C)cc(C)c2)c(Cl)c1. The van der Waals surface area contributed by atoms with Crippen LogP contribution in [0.5, 0.6) is 0 Å². The highest BCUT2D eigenvalue weighted by molar-refractivity contribution is 6.33. The van der Waals surface area contributed by atoms with Gasteiger partial charge in [-0.25, -0.2) is 0 Å². The summed E-state index contributed by atoms with van der Waals surface area (Å²) >= 11 is 6.42. The molecule has 1 nitrogen and oxygen atoms in total. The van der Waals surface area contributed by atoms with Crippen molar-refractivity contribution in [3.8, 4) is 11.1 Å². The summed E-state index contributed by atoms with van der Waals surface area (Å²) in [7, 11) is 0. The third-order valence-electron chi connectivity index (χ3n) is 3.15. The lowest BCUT2D eigenvalue weighted by atomic mass is 9.99. The second-order valence-electron chi connectivity index (χ2n) is 4.97. The van der Waals surface area contributed by atoms with Crippen molar-refractivity contribution in [2.24, 2.45) is 0 Å². The topological polar surface area (TPSA) is 12.0 Å². The molecule has 0 fully saturated rings. The summed E-state index contributed by atoms with van der Waals surface area (Å²) in [5.41, 5.74) is 6.05. The molecule has 0 amide bonds. The van der Waals surface area contributed by atoms with E-state index in [9.17, 15) is 0 Å². The van der Waals surface area contributed by atoms with Crippen LogP contribution in [0.3, 0.4) is 0 Å². The Bertz CT molecular complexity index is 555. The van der Waals surface area contributed by atoms with Gasteiger partial charge in [-0.3, -0.25) is 0 Å². The van der Waals surface area contributed by atoms with E-state index in [0.717, 1.165) is 23.7 Å². The third-order valence-corrected chi connectivity index (χ3v) is 3.46. The van der Waals surface area contributed by atoms with Crippen LogP contribution in [-0.2, 0) is 6.54 Å². The van der Waals surface area contributed by atoms with Gasteiger partial charge in [0.05, 0.1) is 0 Å². The Balaban J connectivity index is 2.34. The van der Waals surface area contributed by atoms with Crippen LogP contribution in [0.1, 0.15) is 23.6 Å². The number of halogens is 1. The number of rotatable bonds is 4. The van der Waals surface area contributed by atoms with Crippen molar-refractivity contribution in [1.82, 2.24) is 5.32 Å². The Morgan fingerprint density at radius 1 is 1.00 bits per heavy atom. The third kappa shape index (κ3) is 3.59. The molecule has 0 saturated heterocycles. The van der Waals surface area contributed by atoms with E-state index in [0.29, 0.717) is 0 Å². The molecule has 0 bridgehead atoms. The summed E-state index contributed by atoms with van der Waals surface area (Å²) in [6.07, 6.45) is 0. The van der Waals surface area contributed by atoms with E-state index in [1.807, 2.05) is 0 Å². The number of hydrogen-bond donors (Lipinski definition) is 1. The predicted molar refractivity (Wildman–Crippen MR) is 83.7 cm³/mol. The molecule has 2 rings (SSSR count). The highest BCUT2D eigenvalue weighted by Gasteiger charge is 2.05. The van der Waals surface area contributed by atoms with Crippen LogP contribution < -0.4 is 5.32 Å². The highest BCUT2D eigenvalue weighted by atomic mass is 35.5. The maximum Gasteiger partial charge on any atom is 0.0487 e. The fraction of sp³-hybridized carbons (Fsp3) is 0.294. The monoisotopic (exact) mass is 273 g/mol. The van der Waals surface area contributed by atoms with E-state index < -0.39 is 0 Å². The number of benzene rings is 2. The second kappa shape index (κ2) is 6.23. The second-order valence-corrected chi connectivity index (χ2v) is 5.38. The summed E-state index contributed by atoms with van der Waals surface area (Å²) in [6.45, 7) is 8.17. The quantitative estimate of drug-likeness (QED) is 0.849. The zero-order valence-electron chi connectivity index (χ0n) is 11.8. The van der Waals surface area contributed by atoms with Crippen LogP contribution in [0.2, 0.25) is 5.02 Å². The van der Waals surface area contributed by atoms with Gasteiger partial charge in [-0.1, -0.05) is 60.0 Å². The van der Waals surface area contributed by atoms with E-state index in [1.165, 1.54) is 22.3 Å². The summed E-state index contributed by atoms with van der Waals surface area (Å²) in [5, 5.41) is 4.13. The molecule has 100 valence electrons. The molecule has 0 saturated carbocycles. The van der Waals surface area contributed by atoms with Crippen molar-refractivity contribution in [2.45, 2.75) is 27.3 Å². The maximum absolute atomic E-state index is 6.42. The minimum Gasteiger partial charge on any atom is -0.313 e. The average molecular weight is 274 g/mol. The lowest BCUT2D eigenvalue weighted by Crippen LogP contribution is -2.11. The lowest BCUT2D eigenvalue weighted by Gasteiger charge is -2.10. The first-order valence-corrected chi connectivity index (χ1v) is 7.05. The van der Waals surface area contributed by atoms with Gasteiger partial charge in [0.1, 0.15) is 0 Å². The largest absolute Gasteiger partial charge is 0.313 e. The van der Waals surface area contributed by atoms with Crippen molar-refractivity contribution >= 4 is 11.6 Å². The molecule has 0 aliphatic carbocycles. The van der Waals surface area contributed by atoms with Gasteiger partial charge in [0.15, 0.2) is 0 Å². The molecule has 0 aliphatic heterocycles. The van der Waals surface area contributed by atoms with Gasteiger partial charge in [-0.15, -0.1) is 0 Å². The first kappa shape index (κ1) is 14.1. The summed E-state index contributed by atoms with van der Waals surface area (Å²) in [5.74, 6) is 0. The Kier molecular flexibility index (Phi) is 4.62. The zero-order chi connectivity index (χ0) is 13.8. The summed E-state index contributed by atoms with van der Waals surface area (Å²) in [4.78, 5) is 0. The molecule has 2 aromatic rings. The molecule has 19 heavy (non-hydrogen) atoms. The minimum absolute atomic E-state index is 0.820. The summed E-state index contributed by atoms with van der Waals surface area (Å²) in [6, 6.07) is 12.8. The van der Waals surface area contributed by atoms with Crippen molar-refractivity contribution in [1.29, 1.82) is 0 Å². The van der Waals surface area contributed by atoms with Crippen molar-refractivity contribution < 1.29 is 0 Å². The number of nitrogens with one attached hydrogen (secondary N) is 1. The molecule has 0 radical (unpaired) electrons. The Morgan fingerprint density at radius 3 is 2.26 bits per heavy atom. The van der Waals surface area contributed by atoms with E-state index in [4.69, 9.17) is 11.6 Å². The molecule has 2 heteroatoms. The standard InChI is InChI=1S/C17H20ClN/c1-4-19-11-14-5-6-16(17(18)10-14)15-8-12(2)7-13(3)9-15/h5-10,19H,4,11H2,1-3H3. The average Bonchev–Trinajstić information content (AvgIpc) is 2.35. The Labute approximate surface area is 120 Å². The molecule has 0 aliphatic rings. The van der Waals surface area contributed by atoms with Gasteiger partial charge >= 0.3 is 0 Å². The van der Waals surface area contributed by atoms with Gasteiger partial charge in [-0.05, 0) is 37.6 Å². The summed E-state index contributed by atoms with van der Waals surface area (Å²) < 4.78 is 0. The van der Waals surface area contributed by atoms with Crippen LogP contribution in [0.15, 0.2) is 36.4 Å². The molecule has 0 atom stereocenters. The predicted octanol–water partition coefficient (Wildman–Crippen LogP) is 4.73. The number of aryl methyl sites for hydroxylation is 2. The molecule has 0 aromatic heterocycles. The Morgan fingerprint density at radius 2 is 1.68 bits per heavy atom. The molecule has 0 spiro atoms. The van der Waals surface area contributed by atoms with Gasteiger partial charge in [-0.2, -0.15) is 0 Å². The van der Waals surface area contributed by atoms with E-state index in [-0.39, 0.29) is 0 Å². The minimum atomic E-state index is 0.820. The van der Waals surface area contributed by atoms with Crippen LogP contribution >= 0.6 is 11.6 Å². The lowest BCUT2D eigenvalue weighted by molar-refractivity contribution is 0.727. The zero-order valence-corrected chi connectivity index (χ0v) is 12.5. The van der Waals surface area contributed by atoms with E-state index in [2.05, 4.69) is 62.5 Å². The number of hydrogen-bond acceptors (Lipinski definition) is 1. The van der Waals surface area contributed by atoms with Crippen molar-refractivity contribution in [3.63, 3.8) is 0 Å². The molecule has 2 aromatic carbocycles. The van der Waals surface area contributed by atoms with Crippen molar-refractivity contribution in [3.05, 3.63) is 58.1 Å². The van der Waals surface area contributed by atoms with E-state index >= 15 is 0 Å². The normalized spacial score (nSPS) is 10.7. The molecular formula is C17H20ClN. The van der Waals surface area contributed by atoms with Crippen LogP contribution in [0, 0.1) is 13.8 Å². The van der Waals surface area contributed by atoms with Gasteiger partial charge in [0.2, 0.25) is 0 Å². The molecule has 1 N–H and O–H groups in total. The molecule has 0 unspecified atom stereocenters. The van der Waals surface area contributed by atoms with Crippen LogP contribution in [0.25, 0.3) is 11.1 Å². The van der Waals surface area contributed by atoms with Crippen LogP contribution in [-0.4, -0.2) is 6.54 Å². The Hall–Kier alpha value is -1.31. The fourth-order valence-electron chi connectivity index (χ4n) is 2.30. The molecule has 0 heterocycles.